The molecule has 0 amide bonds. The number of halogens is 2. The van der Waals surface area contributed by atoms with Crippen LogP contribution in [-0.2, 0) is 6.54 Å². The Morgan fingerprint density at radius 3 is 2.96 bits per heavy atom. The molecule has 0 spiro atoms. The number of benzene rings is 1. The molecular formula is C17H21Cl2N3OS. The van der Waals surface area contributed by atoms with Crippen molar-refractivity contribution in [2.75, 3.05) is 13.2 Å². The van der Waals surface area contributed by atoms with Gasteiger partial charge in [-0.3, -0.25) is 4.90 Å². The highest BCUT2D eigenvalue weighted by atomic mass is 35.5. The average molecular weight is 386 g/mol. The Kier molecular flexibility index (Phi) is 6.52. The number of thiophene rings is 1. The quantitative estimate of drug-likeness (QED) is 0.627. The summed E-state index contributed by atoms with van der Waals surface area (Å²) in [5.74, 6) is 1.56. The van der Waals surface area contributed by atoms with Crippen LogP contribution in [-0.4, -0.2) is 29.9 Å². The Morgan fingerprint density at radius 2 is 2.17 bits per heavy atom. The van der Waals surface area contributed by atoms with Crippen LogP contribution in [0.25, 0.3) is 0 Å². The van der Waals surface area contributed by atoms with Gasteiger partial charge in [0, 0.05) is 18.2 Å². The van der Waals surface area contributed by atoms with E-state index in [4.69, 9.17) is 10.5 Å². The molecule has 0 bridgehead atoms. The number of aliphatic imine (C=N–C) groups is 1. The number of fused-ring (bicyclic) bond motifs is 2. The van der Waals surface area contributed by atoms with E-state index < -0.39 is 0 Å². The topological polar surface area (TPSA) is 50.8 Å². The van der Waals surface area contributed by atoms with Crippen molar-refractivity contribution in [2.24, 2.45) is 10.7 Å². The van der Waals surface area contributed by atoms with Gasteiger partial charge in [-0.1, -0.05) is 6.07 Å². The van der Waals surface area contributed by atoms with E-state index in [-0.39, 0.29) is 24.8 Å². The summed E-state index contributed by atoms with van der Waals surface area (Å²) in [6, 6.07) is 10.7. The zero-order valence-electron chi connectivity index (χ0n) is 13.2. The van der Waals surface area contributed by atoms with E-state index in [1.807, 2.05) is 29.6 Å². The Balaban J connectivity index is 0.00000104. The highest BCUT2D eigenvalue weighted by molar-refractivity contribution is 7.12. The maximum atomic E-state index is 6.08. The Hall–Kier alpha value is -1.27. The Labute approximate surface area is 158 Å². The van der Waals surface area contributed by atoms with Gasteiger partial charge in [0.15, 0.2) is 0 Å². The van der Waals surface area contributed by atoms with Gasteiger partial charge in [0.2, 0.25) is 0 Å². The Bertz CT molecular complexity index is 706. The number of rotatable bonds is 2. The predicted octanol–water partition coefficient (Wildman–Crippen LogP) is 3.99. The molecule has 1 saturated heterocycles. The van der Waals surface area contributed by atoms with Gasteiger partial charge in [-0.2, -0.15) is 0 Å². The number of ether oxygens (including phenoxy) is 1. The van der Waals surface area contributed by atoms with Crippen LogP contribution >= 0.6 is 36.2 Å². The van der Waals surface area contributed by atoms with Crippen molar-refractivity contribution >= 4 is 47.7 Å². The van der Waals surface area contributed by atoms with Crippen molar-refractivity contribution in [2.45, 2.75) is 25.4 Å². The minimum Gasteiger partial charge on any atom is -0.492 e. The van der Waals surface area contributed by atoms with E-state index in [2.05, 4.69) is 16.0 Å². The second kappa shape index (κ2) is 8.21. The van der Waals surface area contributed by atoms with E-state index in [1.54, 1.807) is 11.3 Å². The fourth-order valence-corrected chi connectivity index (χ4v) is 3.84. The second-order valence-corrected chi connectivity index (χ2v) is 6.79. The third-order valence-electron chi connectivity index (χ3n) is 4.37. The van der Waals surface area contributed by atoms with Crippen LogP contribution in [0.3, 0.4) is 0 Å². The normalized spacial score (nSPS) is 20.0. The van der Waals surface area contributed by atoms with Gasteiger partial charge in [-0.25, -0.2) is 4.99 Å². The highest BCUT2D eigenvalue weighted by Crippen LogP contribution is 2.32. The molecule has 4 nitrogen and oxygen atoms in total. The fraction of sp³-hybridized carbons (Fsp3) is 0.353. The van der Waals surface area contributed by atoms with E-state index in [1.165, 1.54) is 18.4 Å². The molecule has 4 rings (SSSR count). The molecule has 3 heterocycles. The molecule has 130 valence electrons. The van der Waals surface area contributed by atoms with Gasteiger partial charge in [0.1, 0.15) is 18.2 Å². The van der Waals surface area contributed by atoms with Crippen molar-refractivity contribution in [1.29, 1.82) is 0 Å². The summed E-state index contributed by atoms with van der Waals surface area (Å²) in [7, 11) is 0. The lowest BCUT2D eigenvalue weighted by Crippen LogP contribution is -2.31. The molecule has 1 fully saturated rings. The molecule has 24 heavy (non-hydrogen) atoms. The Morgan fingerprint density at radius 1 is 1.29 bits per heavy atom. The van der Waals surface area contributed by atoms with Crippen molar-refractivity contribution in [3.05, 3.63) is 46.2 Å². The van der Waals surface area contributed by atoms with Crippen LogP contribution in [0.1, 0.15) is 23.3 Å². The number of hydrogen-bond acceptors (Lipinski definition) is 4. The monoisotopic (exact) mass is 385 g/mol. The van der Waals surface area contributed by atoms with E-state index >= 15 is 0 Å². The van der Waals surface area contributed by atoms with Crippen molar-refractivity contribution in [1.82, 2.24) is 4.90 Å². The minimum atomic E-state index is 0. The van der Waals surface area contributed by atoms with Crippen molar-refractivity contribution < 1.29 is 4.74 Å². The second-order valence-electron chi connectivity index (χ2n) is 5.84. The zero-order valence-corrected chi connectivity index (χ0v) is 15.6. The van der Waals surface area contributed by atoms with Crippen molar-refractivity contribution in [3.63, 3.8) is 0 Å². The van der Waals surface area contributed by atoms with E-state index in [0.717, 1.165) is 36.0 Å². The summed E-state index contributed by atoms with van der Waals surface area (Å²) in [6.45, 7) is 2.91. The molecule has 2 aromatic rings. The number of amidine groups is 1. The first-order valence-corrected chi connectivity index (χ1v) is 8.55. The molecule has 2 aliphatic rings. The first-order chi connectivity index (χ1) is 10.8. The number of nitrogens with zero attached hydrogens (tertiary/aromatic N) is 2. The van der Waals surface area contributed by atoms with Gasteiger partial charge in [0.05, 0.1) is 10.6 Å². The van der Waals surface area contributed by atoms with Crippen LogP contribution < -0.4 is 10.5 Å². The molecule has 1 aromatic heterocycles. The van der Waals surface area contributed by atoms with Gasteiger partial charge in [-0.05, 0) is 49.0 Å². The van der Waals surface area contributed by atoms with Gasteiger partial charge < -0.3 is 10.5 Å². The summed E-state index contributed by atoms with van der Waals surface area (Å²) in [6.07, 6.45) is 2.51. The molecule has 0 radical (unpaired) electrons. The van der Waals surface area contributed by atoms with Crippen molar-refractivity contribution in [3.8, 4) is 5.75 Å². The standard InChI is InChI=1S/C17H19N3OS.2ClH/c18-17(16-4-2-8-22-16)19-13-5-6-15-12(9-13)10-20-7-1-3-14(20)11-21-15;;/h2,4-6,8-9,14H,1,3,7,10-11H2,(H2,18,19);2*1H. The van der Waals surface area contributed by atoms with Crippen LogP contribution in [0.2, 0.25) is 0 Å². The summed E-state index contributed by atoms with van der Waals surface area (Å²) in [4.78, 5) is 8.08. The van der Waals surface area contributed by atoms with Gasteiger partial charge in [-0.15, -0.1) is 36.2 Å². The molecule has 0 aliphatic carbocycles. The maximum Gasteiger partial charge on any atom is 0.141 e. The average Bonchev–Trinajstić information content (AvgIpc) is 3.16. The summed E-state index contributed by atoms with van der Waals surface area (Å²) >= 11 is 1.61. The molecule has 7 heteroatoms. The third-order valence-corrected chi connectivity index (χ3v) is 5.26. The summed E-state index contributed by atoms with van der Waals surface area (Å²) < 4.78 is 5.98. The third kappa shape index (κ3) is 3.86. The first-order valence-electron chi connectivity index (χ1n) is 7.67. The fourth-order valence-electron chi connectivity index (χ4n) is 3.22. The van der Waals surface area contributed by atoms with Crippen LogP contribution in [0, 0.1) is 0 Å². The number of hydrogen-bond donors (Lipinski definition) is 1. The summed E-state index contributed by atoms with van der Waals surface area (Å²) in [5, 5.41) is 2.01. The van der Waals surface area contributed by atoms with E-state index in [9.17, 15) is 0 Å². The molecule has 1 unspecified atom stereocenters. The summed E-state index contributed by atoms with van der Waals surface area (Å²) in [5.41, 5.74) is 8.19. The lowest BCUT2D eigenvalue weighted by Gasteiger charge is -2.19. The van der Waals surface area contributed by atoms with E-state index in [0.29, 0.717) is 11.9 Å². The zero-order chi connectivity index (χ0) is 14.9. The lowest BCUT2D eigenvalue weighted by molar-refractivity contribution is 0.188. The van der Waals surface area contributed by atoms with Crippen LogP contribution in [0.15, 0.2) is 40.7 Å². The van der Waals surface area contributed by atoms with Crippen LogP contribution in [0.4, 0.5) is 5.69 Å². The number of nitrogens with two attached hydrogens (primary N) is 1. The highest BCUT2D eigenvalue weighted by Gasteiger charge is 2.28. The van der Waals surface area contributed by atoms with Gasteiger partial charge in [0.25, 0.3) is 0 Å². The maximum absolute atomic E-state index is 6.08. The molecule has 2 aliphatic heterocycles. The molecule has 2 N–H and O–H groups in total. The molecule has 1 aromatic carbocycles. The SMILES string of the molecule is Cl.Cl.NC(=Nc1ccc2c(c1)CN1CCCC1CO2)c1cccs1. The van der Waals surface area contributed by atoms with Crippen LogP contribution in [0.5, 0.6) is 5.75 Å². The molecular weight excluding hydrogens is 365 g/mol. The molecule has 0 saturated carbocycles. The lowest BCUT2D eigenvalue weighted by atomic mass is 10.1. The first kappa shape index (κ1) is 19.1. The van der Waals surface area contributed by atoms with Gasteiger partial charge >= 0.3 is 0 Å². The largest absolute Gasteiger partial charge is 0.492 e. The predicted molar refractivity (Wildman–Crippen MR) is 105 cm³/mol. The molecule has 1 atom stereocenters. The minimum absolute atomic E-state index is 0. The smallest absolute Gasteiger partial charge is 0.141 e.